The molecule has 1 aromatic heterocycles. The SMILES string of the molecule is CC[C@H]1[C@@H](O)[C@@H]2[C@H](CC[C@]3(C)[C@@H]([C@H](C)CCOc4cnc(C(=O)O)nc4)CC[C@@H]23)[C@@]2(C)CC[C@@H](O)C[C@@H]12. The van der Waals surface area contributed by atoms with Crippen LogP contribution in [0.25, 0.3) is 0 Å². The van der Waals surface area contributed by atoms with E-state index in [2.05, 4.69) is 37.7 Å². The van der Waals surface area contributed by atoms with E-state index in [0.717, 1.165) is 32.1 Å². The van der Waals surface area contributed by atoms with Gasteiger partial charge in [-0.2, -0.15) is 0 Å². The zero-order chi connectivity index (χ0) is 26.5. The van der Waals surface area contributed by atoms with Crippen molar-refractivity contribution in [3.05, 3.63) is 18.2 Å². The van der Waals surface area contributed by atoms with Crippen molar-refractivity contribution >= 4 is 5.97 Å². The maximum Gasteiger partial charge on any atom is 0.373 e. The molecule has 11 atom stereocenters. The van der Waals surface area contributed by atoms with Gasteiger partial charge in [0.1, 0.15) is 0 Å². The number of fused-ring (bicyclic) bond motifs is 5. The number of aliphatic hydroxyl groups is 2. The molecule has 4 saturated carbocycles. The Hall–Kier alpha value is -1.73. The third-order valence-electron chi connectivity index (χ3n) is 11.8. The molecular formula is C30H46N2O5. The van der Waals surface area contributed by atoms with Crippen molar-refractivity contribution in [3.8, 4) is 5.75 Å². The molecule has 4 aliphatic rings. The summed E-state index contributed by atoms with van der Waals surface area (Å²) in [7, 11) is 0. The number of hydrogen-bond donors (Lipinski definition) is 3. The Morgan fingerprint density at radius 3 is 2.41 bits per heavy atom. The van der Waals surface area contributed by atoms with Crippen molar-refractivity contribution in [1.82, 2.24) is 9.97 Å². The van der Waals surface area contributed by atoms with Crippen LogP contribution in [0.15, 0.2) is 12.4 Å². The normalized spacial score (nSPS) is 43.8. The van der Waals surface area contributed by atoms with Crippen LogP contribution in [0.3, 0.4) is 0 Å². The predicted octanol–water partition coefficient (Wildman–Crippen LogP) is 5.21. The topological polar surface area (TPSA) is 113 Å². The summed E-state index contributed by atoms with van der Waals surface area (Å²) in [4.78, 5) is 18.6. The third kappa shape index (κ3) is 4.48. The second-order valence-corrected chi connectivity index (χ2v) is 13.3. The lowest BCUT2D eigenvalue weighted by Gasteiger charge is -2.64. The van der Waals surface area contributed by atoms with Crippen LogP contribution >= 0.6 is 0 Å². The Bertz CT molecular complexity index is 971. The van der Waals surface area contributed by atoms with Crippen LogP contribution in [0.1, 0.15) is 96.1 Å². The molecule has 7 nitrogen and oxygen atoms in total. The van der Waals surface area contributed by atoms with Gasteiger partial charge < -0.3 is 20.1 Å². The molecule has 0 radical (unpaired) electrons. The van der Waals surface area contributed by atoms with Crippen molar-refractivity contribution in [3.63, 3.8) is 0 Å². The Balaban J connectivity index is 1.27. The molecule has 1 aromatic rings. The fraction of sp³-hybridized carbons (Fsp3) is 0.833. The molecule has 0 saturated heterocycles. The Morgan fingerprint density at radius 1 is 1.05 bits per heavy atom. The molecule has 0 aromatic carbocycles. The molecule has 4 aliphatic carbocycles. The number of carboxylic acid groups (broad SMARTS) is 1. The number of carboxylic acids is 1. The van der Waals surface area contributed by atoms with E-state index >= 15 is 0 Å². The van der Waals surface area contributed by atoms with Gasteiger partial charge in [-0.25, -0.2) is 14.8 Å². The second-order valence-electron chi connectivity index (χ2n) is 13.3. The highest BCUT2D eigenvalue weighted by molar-refractivity contribution is 5.82. The van der Waals surface area contributed by atoms with Crippen LogP contribution in [-0.2, 0) is 0 Å². The van der Waals surface area contributed by atoms with Gasteiger partial charge in [-0.1, -0.05) is 34.1 Å². The molecule has 0 amide bonds. The first-order valence-corrected chi connectivity index (χ1v) is 14.6. The van der Waals surface area contributed by atoms with Crippen LogP contribution < -0.4 is 4.74 Å². The molecule has 37 heavy (non-hydrogen) atoms. The van der Waals surface area contributed by atoms with E-state index in [1.165, 1.54) is 38.1 Å². The summed E-state index contributed by atoms with van der Waals surface area (Å²) in [6.07, 6.45) is 12.0. The molecule has 4 fully saturated rings. The largest absolute Gasteiger partial charge is 0.490 e. The fourth-order valence-corrected chi connectivity index (χ4v) is 10.00. The number of aromatic nitrogens is 2. The van der Waals surface area contributed by atoms with Crippen molar-refractivity contribution in [2.24, 2.45) is 52.3 Å². The first-order chi connectivity index (χ1) is 17.6. The number of rotatable bonds is 7. The minimum absolute atomic E-state index is 0.203. The number of aromatic carboxylic acids is 1. The minimum atomic E-state index is -1.14. The summed E-state index contributed by atoms with van der Waals surface area (Å²) in [6.45, 7) is 10.1. The second kappa shape index (κ2) is 10.1. The van der Waals surface area contributed by atoms with E-state index in [-0.39, 0.29) is 28.9 Å². The number of carbonyl (C=O) groups is 1. The smallest absolute Gasteiger partial charge is 0.373 e. The van der Waals surface area contributed by atoms with Crippen LogP contribution in [0.4, 0.5) is 0 Å². The van der Waals surface area contributed by atoms with Crippen LogP contribution in [0.2, 0.25) is 0 Å². The Morgan fingerprint density at radius 2 is 1.73 bits per heavy atom. The highest BCUT2D eigenvalue weighted by Crippen LogP contribution is 2.69. The summed E-state index contributed by atoms with van der Waals surface area (Å²) in [5.41, 5.74) is 0.477. The van der Waals surface area contributed by atoms with Gasteiger partial charge in [0.15, 0.2) is 5.75 Å². The van der Waals surface area contributed by atoms with Crippen molar-refractivity contribution < 1.29 is 24.9 Å². The molecular weight excluding hydrogens is 468 g/mol. The molecule has 0 aliphatic heterocycles. The number of ether oxygens (including phenoxy) is 1. The molecule has 0 spiro atoms. The molecule has 0 unspecified atom stereocenters. The highest BCUT2D eigenvalue weighted by atomic mass is 16.5. The van der Waals surface area contributed by atoms with Crippen LogP contribution in [-0.4, -0.2) is 50.1 Å². The molecule has 206 valence electrons. The van der Waals surface area contributed by atoms with Gasteiger partial charge in [0.2, 0.25) is 5.82 Å². The average molecular weight is 515 g/mol. The van der Waals surface area contributed by atoms with E-state index < -0.39 is 5.97 Å². The Kier molecular flexibility index (Phi) is 7.34. The van der Waals surface area contributed by atoms with E-state index in [1.807, 2.05) is 0 Å². The highest BCUT2D eigenvalue weighted by Gasteiger charge is 2.64. The molecule has 3 N–H and O–H groups in total. The summed E-state index contributed by atoms with van der Waals surface area (Å²) >= 11 is 0. The standard InChI is InChI=1S/C30H46N2O5/c1-5-20-24-14-18(33)8-11-30(24,4)23-9-12-29(3)21(6-7-22(29)25(23)26(20)34)17(2)10-13-37-19-15-31-27(28(35)36)32-16-19/h15-18,20-26,33-34H,5-14H2,1-4H3,(H,35,36)/t17-,18-,20-,21-,22+,23+,24+,25+,26-,29-,30-/m1/s1. The van der Waals surface area contributed by atoms with Crippen LogP contribution in [0.5, 0.6) is 5.75 Å². The minimum Gasteiger partial charge on any atom is -0.490 e. The lowest BCUT2D eigenvalue weighted by molar-refractivity contribution is -0.203. The average Bonchev–Trinajstić information content (AvgIpc) is 3.23. The van der Waals surface area contributed by atoms with Crippen LogP contribution in [0, 0.1) is 52.3 Å². The number of hydrogen-bond acceptors (Lipinski definition) is 6. The molecule has 0 bridgehead atoms. The third-order valence-corrected chi connectivity index (χ3v) is 11.8. The lowest BCUT2D eigenvalue weighted by atomic mass is 9.41. The van der Waals surface area contributed by atoms with Gasteiger partial charge in [-0.05, 0) is 104 Å². The summed E-state index contributed by atoms with van der Waals surface area (Å²) in [5, 5.41) is 31.3. The van der Waals surface area contributed by atoms with Gasteiger partial charge >= 0.3 is 5.97 Å². The van der Waals surface area contributed by atoms with E-state index in [4.69, 9.17) is 9.84 Å². The van der Waals surface area contributed by atoms with Gasteiger partial charge in [0, 0.05) is 0 Å². The maximum absolute atomic E-state index is 11.9. The van der Waals surface area contributed by atoms with Gasteiger partial charge in [0.25, 0.3) is 0 Å². The lowest BCUT2D eigenvalue weighted by Crippen LogP contribution is -2.62. The predicted molar refractivity (Wildman–Crippen MR) is 140 cm³/mol. The molecule has 1 heterocycles. The maximum atomic E-state index is 11.9. The van der Waals surface area contributed by atoms with E-state index in [1.54, 1.807) is 0 Å². The van der Waals surface area contributed by atoms with E-state index in [0.29, 0.717) is 53.8 Å². The van der Waals surface area contributed by atoms with Crippen molar-refractivity contribution in [1.29, 1.82) is 0 Å². The summed E-state index contributed by atoms with van der Waals surface area (Å²) in [6, 6.07) is 0. The summed E-state index contributed by atoms with van der Waals surface area (Å²) < 4.78 is 5.87. The summed E-state index contributed by atoms with van der Waals surface area (Å²) in [5.74, 6) is 2.48. The van der Waals surface area contributed by atoms with Crippen molar-refractivity contribution in [2.75, 3.05) is 6.61 Å². The van der Waals surface area contributed by atoms with Crippen molar-refractivity contribution in [2.45, 2.75) is 97.7 Å². The zero-order valence-corrected chi connectivity index (χ0v) is 23.0. The molecule has 5 rings (SSSR count). The number of nitrogens with zero attached hydrogens (tertiary/aromatic N) is 2. The molecule has 7 heteroatoms. The van der Waals surface area contributed by atoms with E-state index in [9.17, 15) is 15.0 Å². The van der Waals surface area contributed by atoms with Gasteiger partial charge in [0.05, 0.1) is 31.2 Å². The number of aliphatic hydroxyl groups excluding tert-OH is 2. The Labute approximate surface area is 221 Å². The first-order valence-electron chi connectivity index (χ1n) is 14.6. The van der Waals surface area contributed by atoms with Gasteiger partial charge in [-0.3, -0.25) is 0 Å². The first kappa shape index (κ1) is 26.9. The fourth-order valence-electron chi connectivity index (χ4n) is 10.00. The zero-order valence-electron chi connectivity index (χ0n) is 23.0. The quantitative estimate of drug-likeness (QED) is 0.458. The van der Waals surface area contributed by atoms with Gasteiger partial charge in [-0.15, -0.1) is 0 Å². The monoisotopic (exact) mass is 514 g/mol.